The van der Waals surface area contributed by atoms with Gasteiger partial charge in [-0.05, 0) is 36.5 Å². The highest BCUT2D eigenvalue weighted by Gasteiger charge is 2.39. The zero-order valence-corrected chi connectivity index (χ0v) is 14.9. The number of carbonyl (C=O) groups excluding carboxylic acids is 1. The normalized spacial score (nSPS) is 19.7. The number of sulfonamides is 1. The summed E-state index contributed by atoms with van der Waals surface area (Å²) in [5.74, 6) is 0.704. The van der Waals surface area contributed by atoms with Crippen LogP contribution in [0.25, 0.3) is 0 Å². The predicted octanol–water partition coefficient (Wildman–Crippen LogP) is 1.63. The molecule has 1 aromatic heterocycles. The fourth-order valence-electron chi connectivity index (χ4n) is 3.62. The van der Waals surface area contributed by atoms with E-state index in [-0.39, 0.29) is 11.9 Å². The number of amides is 1. The van der Waals surface area contributed by atoms with Crippen LogP contribution in [0.1, 0.15) is 37.7 Å². The molecule has 24 heavy (non-hydrogen) atoms. The number of hydrogen-bond donors (Lipinski definition) is 0. The zero-order valence-electron chi connectivity index (χ0n) is 14.1. The number of likely N-dealkylation sites (tertiary alicyclic amines) is 1. The van der Waals surface area contributed by atoms with E-state index in [4.69, 9.17) is 0 Å². The molecule has 2 heterocycles. The van der Waals surface area contributed by atoms with Crippen molar-refractivity contribution in [2.75, 3.05) is 19.3 Å². The Hall–Kier alpha value is -1.47. The second-order valence-electron chi connectivity index (χ2n) is 6.97. The lowest BCUT2D eigenvalue weighted by Gasteiger charge is -2.44. The van der Waals surface area contributed by atoms with Gasteiger partial charge in [0.2, 0.25) is 15.9 Å². The third kappa shape index (κ3) is 4.13. The molecule has 6 nitrogen and oxygen atoms in total. The van der Waals surface area contributed by atoms with E-state index >= 15 is 0 Å². The third-order valence-corrected chi connectivity index (χ3v) is 6.35. The number of aromatic nitrogens is 1. The van der Waals surface area contributed by atoms with E-state index < -0.39 is 10.0 Å². The number of hydrogen-bond acceptors (Lipinski definition) is 4. The van der Waals surface area contributed by atoms with Gasteiger partial charge in [0.15, 0.2) is 0 Å². The van der Waals surface area contributed by atoms with Gasteiger partial charge in [-0.1, -0.05) is 12.8 Å². The first-order valence-electron chi connectivity index (χ1n) is 8.57. The molecule has 1 saturated heterocycles. The number of carbonyl (C=O) groups is 1. The molecule has 1 saturated carbocycles. The second kappa shape index (κ2) is 7.19. The molecule has 0 atom stereocenters. The van der Waals surface area contributed by atoms with Crippen LogP contribution in [0.4, 0.5) is 0 Å². The van der Waals surface area contributed by atoms with Crippen LogP contribution in [0.3, 0.4) is 0 Å². The predicted molar refractivity (Wildman–Crippen MR) is 91.6 cm³/mol. The summed E-state index contributed by atoms with van der Waals surface area (Å²) in [5, 5.41) is 0. The molecule has 1 amide bonds. The average Bonchev–Trinajstić information content (AvgIpc) is 2.97. The van der Waals surface area contributed by atoms with E-state index in [9.17, 15) is 13.2 Å². The molecule has 0 bridgehead atoms. The highest BCUT2D eigenvalue weighted by molar-refractivity contribution is 7.88. The molecular weight excluding hydrogens is 326 g/mol. The molecule has 0 N–H and O–H groups in total. The summed E-state index contributed by atoms with van der Waals surface area (Å²) >= 11 is 0. The van der Waals surface area contributed by atoms with Gasteiger partial charge in [0, 0.05) is 38.4 Å². The molecule has 1 aliphatic carbocycles. The molecule has 2 aliphatic rings. The Morgan fingerprint density at radius 3 is 2.46 bits per heavy atom. The molecule has 7 heteroatoms. The molecule has 0 unspecified atom stereocenters. The summed E-state index contributed by atoms with van der Waals surface area (Å²) in [6.07, 6.45) is 9.94. The topological polar surface area (TPSA) is 70.6 Å². The average molecular weight is 351 g/mol. The smallest absolute Gasteiger partial charge is 0.222 e. The van der Waals surface area contributed by atoms with Crippen molar-refractivity contribution in [2.24, 2.45) is 5.92 Å². The summed E-state index contributed by atoms with van der Waals surface area (Å²) in [5.41, 5.74) is 0.908. The molecule has 0 spiro atoms. The Balaban J connectivity index is 1.57. The van der Waals surface area contributed by atoms with E-state index in [2.05, 4.69) is 4.98 Å². The minimum Gasteiger partial charge on any atom is -0.339 e. The third-order valence-electron chi connectivity index (χ3n) is 5.07. The summed E-state index contributed by atoms with van der Waals surface area (Å²) in [7, 11) is -3.32. The minimum atomic E-state index is -3.32. The lowest BCUT2D eigenvalue weighted by atomic mass is 10.0. The van der Waals surface area contributed by atoms with Crippen LogP contribution in [0.15, 0.2) is 24.5 Å². The zero-order chi connectivity index (χ0) is 17.2. The standard InChI is InChI=1S/C17H25N3O3S/c1-24(22,23)20(11-15-6-8-18-9-7-15)16-12-19(13-16)17(21)10-14-4-2-3-5-14/h6-9,14,16H,2-5,10-13H2,1H3. The number of nitrogens with zero attached hydrogens (tertiary/aromatic N) is 3. The van der Waals surface area contributed by atoms with Gasteiger partial charge in [-0.25, -0.2) is 8.42 Å². The van der Waals surface area contributed by atoms with E-state index in [0.29, 0.717) is 32.0 Å². The van der Waals surface area contributed by atoms with Crippen LogP contribution in [0.2, 0.25) is 0 Å². The molecule has 132 valence electrons. The lowest BCUT2D eigenvalue weighted by molar-refractivity contribution is -0.138. The van der Waals surface area contributed by atoms with Gasteiger partial charge >= 0.3 is 0 Å². The van der Waals surface area contributed by atoms with E-state index in [1.807, 2.05) is 12.1 Å². The van der Waals surface area contributed by atoms with Gasteiger partial charge in [0.05, 0.1) is 12.3 Å². The summed E-state index contributed by atoms with van der Waals surface area (Å²) in [4.78, 5) is 18.1. The Bertz CT molecular complexity index is 666. The maximum absolute atomic E-state index is 12.3. The molecule has 2 fully saturated rings. The van der Waals surface area contributed by atoms with Crippen molar-refractivity contribution in [3.63, 3.8) is 0 Å². The SMILES string of the molecule is CS(=O)(=O)N(Cc1ccncc1)C1CN(C(=O)CC2CCCC2)C1. The Morgan fingerprint density at radius 2 is 1.88 bits per heavy atom. The monoisotopic (exact) mass is 351 g/mol. The molecular formula is C17H25N3O3S. The van der Waals surface area contributed by atoms with Gasteiger partial charge < -0.3 is 4.90 Å². The van der Waals surface area contributed by atoms with Crippen molar-refractivity contribution in [1.82, 2.24) is 14.2 Å². The van der Waals surface area contributed by atoms with E-state index in [0.717, 1.165) is 18.4 Å². The number of rotatable bonds is 6. The Labute approximate surface area is 143 Å². The molecule has 1 aromatic rings. The first kappa shape index (κ1) is 17.4. The van der Waals surface area contributed by atoms with Crippen molar-refractivity contribution < 1.29 is 13.2 Å². The highest BCUT2D eigenvalue weighted by Crippen LogP contribution is 2.29. The summed E-state index contributed by atoms with van der Waals surface area (Å²) in [6.45, 7) is 1.34. The van der Waals surface area contributed by atoms with Crippen LogP contribution in [-0.4, -0.2) is 53.9 Å². The van der Waals surface area contributed by atoms with Gasteiger partial charge in [-0.2, -0.15) is 4.31 Å². The van der Waals surface area contributed by atoms with Crippen molar-refractivity contribution in [3.8, 4) is 0 Å². The summed E-state index contributed by atoms with van der Waals surface area (Å²) in [6, 6.07) is 3.51. The van der Waals surface area contributed by atoms with Crippen molar-refractivity contribution in [3.05, 3.63) is 30.1 Å². The number of pyridine rings is 1. The first-order chi connectivity index (χ1) is 11.4. The largest absolute Gasteiger partial charge is 0.339 e. The van der Waals surface area contributed by atoms with Crippen LogP contribution < -0.4 is 0 Å². The lowest BCUT2D eigenvalue weighted by Crippen LogP contribution is -2.61. The highest BCUT2D eigenvalue weighted by atomic mass is 32.2. The summed E-state index contributed by atoms with van der Waals surface area (Å²) < 4.78 is 25.8. The van der Waals surface area contributed by atoms with Gasteiger partial charge in [-0.15, -0.1) is 0 Å². The molecule has 0 radical (unpaired) electrons. The van der Waals surface area contributed by atoms with Crippen molar-refractivity contribution in [1.29, 1.82) is 0 Å². The van der Waals surface area contributed by atoms with Gasteiger partial charge in [0.25, 0.3) is 0 Å². The quantitative estimate of drug-likeness (QED) is 0.781. The van der Waals surface area contributed by atoms with Crippen LogP contribution in [-0.2, 0) is 21.4 Å². The first-order valence-corrected chi connectivity index (χ1v) is 10.4. The minimum absolute atomic E-state index is 0.124. The fraction of sp³-hybridized carbons (Fsp3) is 0.647. The maximum atomic E-state index is 12.3. The van der Waals surface area contributed by atoms with Crippen LogP contribution in [0.5, 0.6) is 0 Å². The Kier molecular flexibility index (Phi) is 5.20. The van der Waals surface area contributed by atoms with E-state index in [1.54, 1.807) is 17.3 Å². The van der Waals surface area contributed by atoms with E-state index in [1.165, 1.54) is 23.4 Å². The van der Waals surface area contributed by atoms with Crippen LogP contribution in [0, 0.1) is 5.92 Å². The van der Waals surface area contributed by atoms with Crippen LogP contribution >= 0.6 is 0 Å². The Morgan fingerprint density at radius 1 is 1.25 bits per heavy atom. The second-order valence-corrected chi connectivity index (χ2v) is 8.91. The maximum Gasteiger partial charge on any atom is 0.222 e. The fourth-order valence-corrected chi connectivity index (χ4v) is 4.68. The van der Waals surface area contributed by atoms with Crippen molar-refractivity contribution in [2.45, 2.75) is 44.7 Å². The van der Waals surface area contributed by atoms with Gasteiger partial charge in [0.1, 0.15) is 0 Å². The van der Waals surface area contributed by atoms with Gasteiger partial charge in [-0.3, -0.25) is 9.78 Å². The molecule has 1 aliphatic heterocycles. The van der Waals surface area contributed by atoms with Crippen molar-refractivity contribution >= 4 is 15.9 Å². The molecule has 3 rings (SSSR count). The molecule has 0 aromatic carbocycles.